The Morgan fingerprint density at radius 1 is 1.06 bits per heavy atom. The summed E-state index contributed by atoms with van der Waals surface area (Å²) in [5, 5.41) is 0.415. The van der Waals surface area contributed by atoms with Crippen molar-refractivity contribution in [3.63, 3.8) is 0 Å². The second-order valence-electron chi connectivity index (χ2n) is 7.94. The van der Waals surface area contributed by atoms with E-state index in [4.69, 9.17) is 4.74 Å². The van der Waals surface area contributed by atoms with Crippen LogP contribution in [-0.4, -0.2) is 67.3 Å². The SMILES string of the molecule is COc1ccc(N2CCN(CC(=O)N3CCSC(c4ccccc4C)CC3)C2=O)cc1. The average molecular weight is 440 g/mol. The highest BCUT2D eigenvalue weighted by Crippen LogP contribution is 2.36. The molecule has 1 unspecified atom stereocenters. The van der Waals surface area contributed by atoms with Crippen LogP contribution in [0.15, 0.2) is 48.5 Å². The molecule has 2 aliphatic rings. The third-order valence-corrected chi connectivity index (χ3v) is 7.34. The Labute approximate surface area is 188 Å². The van der Waals surface area contributed by atoms with Crippen LogP contribution in [0, 0.1) is 6.92 Å². The first-order valence-electron chi connectivity index (χ1n) is 10.7. The van der Waals surface area contributed by atoms with Gasteiger partial charge in [-0.25, -0.2) is 4.79 Å². The van der Waals surface area contributed by atoms with E-state index in [0.717, 1.165) is 36.7 Å². The Kier molecular flexibility index (Phi) is 6.70. The molecular weight excluding hydrogens is 410 g/mol. The maximum absolute atomic E-state index is 13.0. The van der Waals surface area contributed by atoms with Gasteiger partial charge in [0.2, 0.25) is 5.91 Å². The molecule has 31 heavy (non-hydrogen) atoms. The van der Waals surface area contributed by atoms with Gasteiger partial charge in [0, 0.05) is 42.9 Å². The van der Waals surface area contributed by atoms with Crippen LogP contribution >= 0.6 is 11.8 Å². The molecule has 2 aromatic rings. The Morgan fingerprint density at radius 3 is 2.58 bits per heavy atom. The number of hydrogen-bond acceptors (Lipinski definition) is 4. The minimum absolute atomic E-state index is 0.0379. The maximum Gasteiger partial charge on any atom is 0.325 e. The fraction of sp³-hybridized carbons (Fsp3) is 0.417. The van der Waals surface area contributed by atoms with Crippen LogP contribution in [0.1, 0.15) is 22.8 Å². The lowest BCUT2D eigenvalue weighted by molar-refractivity contribution is -0.131. The molecule has 0 aliphatic carbocycles. The summed E-state index contributed by atoms with van der Waals surface area (Å²) in [6.45, 7) is 4.91. The highest BCUT2D eigenvalue weighted by atomic mass is 32.2. The summed E-state index contributed by atoms with van der Waals surface area (Å²) in [6, 6.07) is 15.8. The Hall–Kier alpha value is -2.67. The van der Waals surface area contributed by atoms with Gasteiger partial charge in [-0.2, -0.15) is 11.8 Å². The molecule has 0 N–H and O–H groups in total. The summed E-state index contributed by atoms with van der Waals surface area (Å²) in [4.78, 5) is 31.1. The molecule has 2 fully saturated rings. The van der Waals surface area contributed by atoms with Crippen molar-refractivity contribution in [1.82, 2.24) is 9.80 Å². The molecule has 2 aromatic carbocycles. The van der Waals surface area contributed by atoms with Crippen molar-refractivity contribution in [1.29, 1.82) is 0 Å². The van der Waals surface area contributed by atoms with E-state index in [1.54, 1.807) is 16.9 Å². The van der Waals surface area contributed by atoms with Gasteiger partial charge in [-0.3, -0.25) is 9.69 Å². The van der Waals surface area contributed by atoms with E-state index in [2.05, 4.69) is 31.2 Å². The Bertz CT molecular complexity index is 934. The Morgan fingerprint density at radius 2 is 1.84 bits per heavy atom. The average Bonchev–Trinajstić information content (AvgIpc) is 2.99. The summed E-state index contributed by atoms with van der Waals surface area (Å²) >= 11 is 1.92. The quantitative estimate of drug-likeness (QED) is 0.708. The lowest BCUT2D eigenvalue weighted by Crippen LogP contribution is -2.43. The summed E-state index contributed by atoms with van der Waals surface area (Å²) in [5.41, 5.74) is 3.50. The van der Waals surface area contributed by atoms with E-state index in [0.29, 0.717) is 18.3 Å². The van der Waals surface area contributed by atoms with Crippen molar-refractivity contribution < 1.29 is 14.3 Å². The zero-order valence-electron chi connectivity index (χ0n) is 18.1. The number of rotatable bonds is 5. The third-order valence-electron chi connectivity index (χ3n) is 6.03. The topological polar surface area (TPSA) is 53.1 Å². The minimum atomic E-state index is -0.111. The van der Waals surface area contributed by atoms with Crippen molar-refractivity contribution in [2.24, 2.45) is 0 Å². The van der Waals surface area contributed by atoms with Crippen molar-refractivity contribution in [2.75, 3.05) is 50.5 Å². The zero-order valence-corrected chi connectivity index (χ0v) is 18.9. The summed E-state index contributed by atoms with van der Waals surface area (Å²) < 4.78 is 5.19. The van der Waals surface area contributed by atoms with Gasteiger partial charge in [-0.1, -0.05) is 24.3 Å². The number of hydrogen-bond donors (Lipinski definition) is 0. The number of aryl methyl sites for hydroxylation is 1. The molecule has 2 aliphatic heterocycles. The number of carbonyl (C=O) groups is 2. The van der Waals surface area contributed by atoms with Crippen LogP contribution in [0.2, 0.25) is 0 Å². The largest absolute Gasteiger partial charge is 0.497 e. The van der Waals surface area contributed by atoms with Crippen molar-refractivity contribution in [2.45, 2.75) is 18.6 Å². The molecular formula is C24H29N3O3S. The number of nitrogens with zero attached hydrogens (tertiary/aromatic N) is 3. The van der Waals surface area contributed by atoms with E-state index in [1.807, 2.05) is 40.9 Å². The number of methoxy groups -OCH3 is 1. The highest BCUT2D eigenvalue weighted by molar-refractivity contribution is 7.99. The van der Waals surface area contributed by atoms with Crippen LogP contribution in [0.25, 0.3) is 0 Å². The van der Waals surface area contributed by atoms with Gasteiger partial charge in [0.05, 0.1) is 7.11 Å². The fourth-order valence-corrected chi connectivity index (χ4v) is 5.54. The van der Waals surface area contributed by atoms with Crippen LogP contribution < -0.4 is 9.64 Å². The molecule has 6 nitrogen and oxygen atoms in total. The smallest absolute Gasteiger partial charge is 0.325 e. The number of thioether (sulfide) groups is 1. The lowest BCUT2D eigenvalue weighted by atomic mass is 10.0. The minimum Gasteiger partial charge on any atom is -0.497 e. The first-order chi connectivity index (χ1) is 15.1. The van der Waals surface area contributed by atoms with E-state index < -0.39 is 0 Å². The first-order valence-corrected chi connectivity index (χ1v) is 11.8. The predicted molar refractivity (Wildman–Crippen MR) is 125 cm³/mol. The number of ether oxygens (including phenoxy) is 1. The summed E-state index contributed by atoms with van der Waals surface area (Å²) in [7, 11) is 1.62. The number of urea groups is 1. The van der Waals surface area contributed by atoms with Gasteiger partial charge in [0.1, 0.15) is 12.3 Å². The lowest BCUT2D eigenvalue weighted by Gasteiger charge is -2.24. The van der Waals surface area contributed by atoms with E-state index >= 15 is 0 Å². The van der Waals surface area contributed by atoms with Gasteiger partial charge in [-0.05, 0) is 48.7 Å². The zero-order chi connectivity index (χ0) is 21.8. The van der Waals surface area contributed by atoms with Gasteiger partial charge in [0.15, 0.2) is 0 Å². The Balaban J connectivity index is 1.34. The number of carbonyl (C=O) groups excluding carboxylic acids is 2. The normalized spacial score (nSPS) is 19.5. The molecule has 0 radical (unpaired) electrons. The molecule has 164 valence electrons. The third kappa shape index (κ3) is 4.82. The van der Waals surface area contributed by atoms with Crippen molar-refractivity contribution >= 4 is 29.4 Å². The fourth-order valence-electron chi connectivity index (χ4n) is 4.21. The van der Waals surface area contributed by atoms with Gasteiger partial charge in [-0.15, -0.1) is 0 Å². The van der Waals surface area contributed by atoms with Crippen LogP contribution in [0.4, 0.5) is 10.5 Å². The number of amides is 3. The standard InChI is InChI=1S/C24H29N3O3S/c1-18-5-3-4-6-21(18)22-11-12-25(15-16-31-22)23(28)17-26-13-14-27(24(26)29)19-7-9-20(30-2)10-8-19/h3-10,22H,11-17H2,1-2H3. The monoisotopic (exact) mass is 439 g/mol. The molecule has 0 aromatic heterocycles. The summed E-state index contributed by atoms with van der Waals surface area (Å²) in [6.07, 6.45) is 0.938. The molecule has 2 heterocycles. The van der Waals surface area contributed by atoms with E-state index in [-0.39, 0.29) is 18.5 Å². The first kappa shape index (κ1) is 21.6. The molecule has 2 saturated heterocycles. The molecule has 3 amide bonds. The summed E-state index contributed by atoms with van der Waals surface area (Å²) in [5.74, 6) is 1.71. The van der Waals surface area contributed by atoms with Crippen molar-refractivity contribution in [3.05, 3.63) is 59.7 Å². The molecule has 7 heteroatoms. The second kappa shape index (κ2) is 9.64. The van der Waals surface area contributed by atoms with Crippen LogP contribution in [0.5, 0.6) is 5.75 Å². The van der Waals surface area contributed by atoms with Crippen molar-refractivity contribution in [3.8, 4) is 5.75 Å². The highest BCUT2D eigenvalue weighted by Gasteiger charge is 2.32. The van der Waals surface area contributed by atoms with Gasteiger partial charge >= 0.3 is 6.03 Å². The van der Waals surface area contributed by atoms with Crippen LogP contribution in [-0.2, 0) is 4.79 Å². The second-order valence-corrected chi connectivity index (χ2v) is 9.25. The number of benzene rings is 2. The number of anilines is 1. The maximum atomic E-state index is 13.0. The molecule has 0 spiro atoms. The van der Waals surface area contributed by atoms with Gasteiger partial charge < -0.3 is 14.5 Å². The van der Waals surface area contributed by atoms with E-state index in [9.17, 15) is 9.59 Å². The molecule has 0 saturated carbocycles. The predicted octanol–water partition coefficient (Wildman–Crippen LogP) is 3.95. The molecule has 4 rings (SSSR count). The van der Waals surface area contributed by atoms with Gasteiger partial charge in [0.25, 0.3) is 0 Å². The van der Waals surface area contributed by atoms with E-state index in [1.165, 1.54) is 11.1 Å². The molecule has 1 atom stereocenters. The molecule has 0 bridgehead atoms. The van der Waals surface area contributed by atoms with Crippen LogP contribution in [0.3, 0.4) is 0 Å².